The van der Waals surface area contributed by atoms with Crippen molar-refractivity contribution in [2.24, 2.45) is 5.92 Å². The average molecular weight is 310 g/mol. The van der Waals surface area contributed by atoms with Gasteiger partial charge in [0.2, 0.25) is 10.0 Å². The van der Waals surface area contributed by atoms with Crippen LogP contribution < -0.4 is 4.72 Å². The fourth-order valence-electron chi connectivity index (χ4n) is 2.14. The maximum atomic E-state index is 12.5. The maximum absolute atomic E-state index is 12.5. The van der Waals surface area contributed by atoms with Gasteiger partial charge < -0.3 is 4.90 Å². The van der Waals surface area contributed by atoms with E-state index in [1.165, 1.54) is 18.3 Å². The summed E-state index contributed by atoms with van der Waals surface area (Å²) in [7, 11) is 0.0353. The Hall–Kier alpha value is -1.49. The van der Waals surface area contributed by atoms with E-state index >= 15 is 0 Å². The zero-order valence-electron chi connectivity index (χ0n) is 12.9. The summed E-state index contributed by atoms with van der Waals surface area (Å²) in [6, 6.07) is 4.52. The van der Waals surface area contributed by atoms with E-state index in [0.717, 1.165) is 6.42 Å². The molecule has 1 N–H and O–H groups in total. The number of hydrogen-bond acceptors (Lipinski definition) is 5. The quantitative estimate of drug-likeness (QED) is 0.818. The molecule has 0 bridgehead atoms. The molecule has 1 heterocycles. The van der Waals surface area contributed by atoms with Crippen molar-refractivity contribution in [1.29, 1.82) is 5.26 Å². The van der Waals surface area contributed by atoms with Gasteiger partial charge in [0.15, 0.2) is 5.69 Å². The molecule has 0 saturated carbocycles. The van der Waals surface area contributed by atoms with Crippen LogP contribution in [0.2, 0.25) is 0 Å². The molecule has 1 aromatic rings. The Bertz CT molecular complexity index is 596. The third-order valence-corrected chi connectivity index (χ3v) is 4.38. The average Bonchev–Trinajstić information content (AvgIpc) is 2.36. The Kier molecular flexibility index (Phi) is 6.27. The Morgan fingerprint density at radius 3 is 2.62 bits per heavy atom. The van der Waals surface area contributed by atoms with Crippen molar-refractivity contribution in [1.82, 2.24) is 14.6 Å². The van der Waals surface area contributed by atoms with Crippen molar-refractivity contribution in [2.75, 3.05) is 20.6 Å². The molecule has 0 aromatic carbocycles. The van der Waals surface area contributed by atoms with Crippen LogP contribution in [0.15, 0.2) is 23.2 Å². The minimum Gasteiger partial charge on any atom is -0.308 e. The van der Waals surface area contributed by atoms with Gasteiger partial charge in [-0.1, -0.05) is 13.8 Å². The van der Waals surface area contributed by atoms with Gasteiger partial charge in [0.1, 0.15) is 11.0 Å². The van der Waals surface area contributed by atoms with Crippen molar-refractivity contribution in [2.45, 2.75) is 31.2 Å². The summed E-state index contributed by atoms with van der Waals surface area (Å²) in [5.74, 6) is 0.363. The van der Waals surface area contributed by atoms with Crippen LogP contribution in [-0.2, 0) is 10.0 Å². The highest BCUT2D eigenvalue weighted by molar-refractivity contribution is 7.89. The lowest BCUT2D eigenvalue weighted by Crippen LogP contribution is -2.42. The molecule has 0 aliphatic carbocycles. The number of nitrogens with one attached hydrogen (secondary N) is 1. The number of pyridine rings is 1. The number of aromatic nitrogens is 1. The van der Waals surface area contributed by atoms with Crippen LogP contribution >= 0.6 is 0 Å². The largest absolute Gasteiger partial charge is 0.308 e. The summed E-state index contributed by atoms with van der Waals surface area (Å²) < 4.78 is 27.6. The number of sulfonamides is 1. The van der Waals surface area contributed by atoms with Crippen molar-refractivity contribution < 1.29 is 8.42 Å². The van der Waals surface area contributed by atoms with Gasteiger partial charge >= 0.3 is 0 Å². The van der Waals surface area contributed by atoms with Crippen LogP contribution in [-0.4, -0.2) is 45.0 Å². The summed E-state index contributed by atoms with van der Waals surface area (Å²) in [6.07, 6.45) is 2.13. The third kappa shape index (κ3) is 5.42. The van der Waals surface area contributed by atoms with E-state index in [4.69, 9.17) is 5.26 Å². The lowest BCUT2D eigenvalue weighted by atomic mass is 10.0. The summed E-state index contributed by atoms with van der Waals surface area (Å²) in [5, 5.41) is 8.99. The zero-order chi connectivity index (χ0) is 16.0. The molecule has 7 heteroatoms. The number of nitriles is 1. The molecule has 1 aromatic heterocycles. The second kappa shape index (κ2) is 7.50. The standard InChI is InChI=1S/C14H22N4O2S/c1-11(2)8-12(10-18(3)4)17-21(19,20)14-6-5-7-16-13(14)9-15/h5-7,11-12,17H,8,10H2,1-4H3. The van der Waals surface area contributed by atoms with E-state index in [2.05, 4.69) is 9.71 Å². The molecule has 0 fully saturated rings. The van der Waals surface area contributed by atoms with Gasteiger partial charge in [-0.25, -0.2) is 18.1 Å². The fourth-order valence-corrected chi connectivity index (χ4v) is 3.49. The van der Waals surface area contributed by atoms with Gasteiger partial charge in [0.05, 0.1) is 0 Å². The molecule has 1 unspecified atom stereocenters. The molecule has 116 valence electrons. The predicted molar refractivity (Wildman–Crippen MR) is 81.1 cm³/mol. The predicted octanol–water partition coefficient (Wildman–Crippen LogP) is 1.21. The minimum atomic E-state index is -3.76. The molecular formula is C14H22N4O2S. The van der Waals surface area contributed by atoms with E-state index in [0.29, 0.717) is 12.5 Å². The molecule has 0 amide bonds. The molecule has 1 atom stereocenters. The van der Waals surface area contributed by atoms with Gasteiger partial charge in [-0.05, 0) is 38.6 Å². The minimum absolute atomic E-state index is 0.0694. The molecular weight excluding hydrogens is 288 g/mol. The molecule has 0 aliphatic rings. The van der Waals surface area contributed by atoms with Crippen molar-refractivity contribution in [3.8, 4) is 6.07 Å². The summed E-state index contributed by atoms with van der Waals surface area (Å²) in [6.45, 7) is 4.68. The van der Waals surface area contributed by atoms with Crippen molar-refractivity contribution in [3.63, 3.8) is 0 Å². The van der Waals surface area contributed by atoms with Gasteiger partial charge in [-0.3, -0.25) is 0 Å². The number of likely N-dealkylation sites (N-methyl/N-ethyl adjacent to an activating group) is 1. The van der Waals surface area contributed by atoms with Crippen LogP contribution in [0, 0.1) is 17.2 Å². The monoisotopic (exact) mass is 310 g/mol. The Morgan fingerprint density at radius 2 is 2.10 bits per heavy atom. The first-order valence-corrected chi connectivity index (χ1v) is 8.26. The van der Waals surface area contributed by atoms with Crippen LogP contribution in [0.5, 0.6) is 0 Å². The summed E-state index contributed by atoms with van der Waals surface area (Å²) in [4.78, 5) is 5.67. The lowest BCUT2D eigenvalue weighted by molar-refractivity contribution is 0.329. The Labute approximate surface area is 126 Å². The number of nitrogens with zero attached hydrogens (tertiary/aromatic N) is 3. The number of hydrogen-bond donors (Lipinski definition) is 1. The molecule has 0 saturated heterocycles. The van der Waals surface area contributed by atoms with E-state index in [-0.39, 0.29) is 16.6 Å². The lowest BCUT2D eigenvalue weighted by Gasteiger charge is -2.23. The smallest absolute Gasteiger partial charge is 0.243 e. The number of rotatable bonds is 7. The Morgan fingerprint density at radius 1 is 1.43 bits per heavy atom. The van der Waals surface area contributed by atoms with Crippen LogP contribution in [0.1, 0.15) is 26.0 Å². The molecule has 21 heavy (non-hydrogen) atoms. The van der Waals surface area contributed by atoms with Gasteiger partial charge in [0, 0.05) is 18.8 Å². The van der Waals surface area contributed by atoms with E-state index in [9.17, 15) is 8.42 Å². The van der Waals surface area contributed by atoms with Crippen LogP contribution in [0.25, 0.3) is 0 Å². The highest BCUT2D eigenvalue weighted by atomic mass is 32.2. The maximum Gasteiger partial charge on any atom is 0.243 e. The second-order valence-corrected chi connectivity index (χ2v) is 7.35. The summed E-state index contributed by atoms with van der Waals surface area (Å²) >= 11 is 0. The molecule has 0 aliphatic heterocycles. The zero-order valence-corrected chi connectivity index (χ0v) is 13.7. The highest BCUT2D eigenvalue weighted by Gasteiger charge is 2.24. The first kappa shape index (κ1) is 17.6. The van der Waals surface area contributed by atoms with E-state index < -0.39 is 10.0 Å². The van der Waals surface area contributed by atoms with E-state index in [1.807, 2.05) is 38.9 Å². The molecule has 1 rings (SSSR count). The van der Waals surface area contributed by atoms with Gasteiger partial charge in [0.25, 0.3) is 0 Å². The third-order valence-electron chi connectivity index (χ3n) is 2.83. The molecule has 0 radical (unpaired) electrons. The van der Waals surface area contributed by atoms with Crippen molar-refractivity contribution >= 4 is 10.0 Å². The van der Waals surface area contributed by atoms with Gasteiger partial charge in [-0.2, -0.15) is 5.26 Å². The summed E-state index contributed by atoms with van der Waals surface area (Å²) in [5.41, 5.74) is -0.0850. The second-order valence-electron chi connectivity index (χ2n) is 5.67. The SMILES string of the molecule is CC(C)CC(CN(C)C)NS(=O)(=O)c1cccnc1C#N. The first-order valence-electron chi connectivity index (χ1n) is 6.78. The van der Waals surface area contributed by atoms with Crippen molar-refractivity contribution in [3.05, 3.63) is 24.0 Å². The normalized spacial score (nSPS) is 13.4. The topological polar surface area (TPSA) is 86.1 Å². The molecule has 0 spiro atoms. The van der Waals surface area contributed by atoms with Crippen LogP contribution in [0.4, 0.5) is 0 Å². The van der Waals surface area contributed by atoms with E-state index in [1.54, 1.807) is 0 Å². The van der Waals surface area contributed by atoms with Crippen LogP contribution in [0.3, 0.4) is 0 Å². The fraction of sp³-hybridized carbons (Fsp3) is 0.571. The Balaban J connectivity index is 3.03. The highest BCUT2D eigenvalue weighted by Crippen LogP contribution is 2.14. The van der Waals surface area contributed by atoms with Gasteiger partial charge in [-0.15, -0.1) is 0 Å². The first-order chi connectivity index (χ1) is 9.76. The molecule has 6 nitrogen and oxygen atoms in total.